The molecule has 3 heterocycles. The fourth-order valence-corrected chi connectivity index (χ4v) is 3.25. The number of para-hydroxylation sites is 2. The van der Waals surface area contributed by atoms with Crippen molar-refractivity contribution in [2.75, 3.05) is 11.4 Å². The van der Waals surface area contributed by atoms with Crippen LogP contribution in [0.2, 0.25) is 0 Å². The Balaban J connectivity index is 1.79. The van der Waals surface area contributed by atoms with Crippen LogP contribution in [0.5, 0.6) is 0 Å². The van der Waals surface area contributed by atoms with Gasteiger partial charge in [-0.2, -0.15) is 0 Å². The molecule has 3 aromatic rings. The highest BCUT2D eigenvalue weighted by Crippen LogP contribution is 2.24. The molecule has 0 saturated heterocycles. The lowest BCUT2D eigenvalue weighted by Crippen LogP contribution is -2.39. The number of nitrogens with zero attached hydrogens (tertiary/aromatic N) is 5. The van der Waals surface area contributed by atoms with Crippen LogP contribution in [0.1, 0.15) is 22.8 Å². The third kappa shape index (κ3) is 2.26. The molecule has 0 amide bonds. The molecule has 1 aliphatic heterocycles. The van der Waals surface area contributed by atoms with E-state index in [1.54, 1.807) is 11.6 Å². The van der Waals surface area contributed by atoms with Crippen LogP contribution >= 0.6 is 0 Å². The molecule has 2 aromatic heterocycles. The molecule has 0 radical (unpaired) electrons. The van der Waals surface area contributed by atoms with E-state index in [0.717, 1.165) is 52.6 Å². The Morgan fingerprint density at radius 2 is 1.75 bits per heavy atom. The van der Waals surface area contributed by atoms with Crippen LogP contribution < -0.4 is 10.5 Å². The van der Waals surface area contributed by atoms with Crippen molar-refractivity contribution in [1.29, 1.82) is 0 Å². The molecule has 0 N–H and O–H groups in total. The average molecular weight is 321 g/mol. The summed E-state index contributed by atoms with van der Waals surface area (Å²) in [7, 11) is 1.77. The largest absolute Gasteiger partial charge is 0.350 e. The highest BCUT2D eigenvalue weighted by molar-refractivity contribution is 5.76. The molecule has 0 unspecified atom stereocenters. The number of aryl methyl sites for hydroxylation is 2. The lowest BCUT2D eigenvalue weighted by Gasteiger charge is -2.30. The zero-order valence-electron chi connectivity index (χ0n) is 14.1. The summed E-state index contributed by atoms with van der Waals surface area (Å²) < 4.78 is 1.61. The maximum Gasteiger partial charge on any atom is 0.258 e. The predicted octanol–water partition coefficient (Wildman–Crippen LogP) is 1.90. The predicted molar refractivity (Wildman–Crippen MR) is 93.2 cm³/mol. The molecule has 0 aliphatic carbocycles. The molecule has 0 fully saturated rings. The summed E-state index contributed by atoms with van der Waals surface area (Å²) in [6, 6.07) is 7.86. The molecule has 1 aromatic carbocycles. The Hall–Kier alpha value is -2.76. The maximum absolute atomic E-state index is 12.6. The minimum atomic E-state index is 0.0357. The molecular formula is C18H19N5O. The van der Waals surface area contributed by atoms with Gasteiger partial charge in [0.2, 0.25) is 0 Å². The molecule has 24 heavy (non-hydrogen) atoms. The van der Waals surface area contributed by atoms with Gasteiger partial charge in [0.25, 0.3) is 5.56 Å². The Labute approximate surface area is 139 Å². The molecule has 1 aliphatic rings. The number of benzene rings is 1. The van der Waals surface area contributed by atoms with Crippen molar-refractivity contribution in [2.45, 2.75) is 26.8 Å². The minimum absolute atomic E-state index is 0.0357. The van der Waals surface area contributed by atoms with Gasteiger partial charge in [-0.25, -0.2) is 15.0 Å². The van der Waals surface area contributed by atoms with Crippen molar-refractivity contribution in [3.63, 3.8) is 0 Å². The van der Waals surface area contributed by atoms with Crippen LogP contribution in [-0.2, 0) is 20.0 Å². The van der Waals surface area contributed by atoms with Gasteiger partial charge in [0, 0.05) is 20.0 Å². The van der Waals surface area contributed by atoms with Crippen LogP contribution in [0.25, 0.3) is 11.0 Å². The lowest BCUT2D eigenvalue weighted by atomic mass is 10.1. The smallest absolute Gasteiger partial charge is 0.258 e. The van der Waals surface area contributed by atoms with Crippen molar-refractivity contribution in [3.8, 4) is 0 Å². The van der Waals surface area contributed by atoms with Crippen LogP contribution in [0.4, 0.5) is 5.82 Å². The van der Waals surface area contributed by atoms with Crippen molar-refractivity contribution in [1.82, 2.24) is 19.5 Å². The van der Waals surface area contributed by atoms with Gasteiger partial charge in [0.15, 0.2) is 5.82 Å². The first-order valence-corrected chi connectivity index (χ1v) is 8.08. The summed E-state index contributed by atoms with van der Waals surface area (Å²) in [6.07, 6.45) is 0.750. The fourth-order valence-electron chi connectivity index (χ4n) is 3.25. The highest BCUT2D eigenvalue weighted by Gasteiger charge is 2.24. The van der Waals surface area contributed by atoms with Gasteiger partial charge in [-0.15, -0.1) is 0 Å². The molecule has 6 heteroatoms. The molecule has 0 saturated carbocycles. The number of fused-ring (bicyclic) bond motifs is 2. The summed E-state index contributed by atoms with van der Waals surface area (Å²) in [4.78, 5) is 28.7. The van der Waals surface area contributed by atoms with E-state index < -0.39 is 0 Å². The van der Waals surface area contributed by atoms with E-state index in [2.05, 4.69) is 14.9 Å². The van der Waals surface area contributed by atoms with Crippen LogP contribution in [0.3, 0.4) is 0 Å². The quantitative estimate of drug-likeness (QED) is 0.685. The van der Waals surface area contributed by atoms with Crippen LogP contribution in [0.15, 0.2) is 29.1 Å². The second-order valence-corrected chi connectivity index (χ2v) is 6.24. The van der Waals surface area contributed by atoms with Gasteiger partial charge in [0.1, 0.15) is 5.82 Å². The second kappa shape index (κ2) is 5.40. The number of rotatable bonds is 1. The number of hydrogen-bond acceptors (Lipinski definition) is 5. The summed E-state index contributed by atoms with van der Waals surface area (Å²) >= 11 is 0. The third-order valence-electron chi connectivity index (χ3n) is 4.68. The van der Waals surface area contributed by atoms with Crippen molar-refractivity contribution in [2.24, 2.45) is 7.05 Å². The normalized spacial score (nSPS) is 14.0. The monoisotopic (exact) mass is 321 g/mol. The average Bonchev–Trinajstić information content (AvgIpc) is 2.59. The van der Waals surface area contributed by atoms with E-state index in [9.17, 15) is 4.79 Å². The zero-order chi connectivity index (χ0) is 16.8. The van der Waals surface area contributed by atoms with E-state index in [0.29, 0.717) is 6.54 Å². The molecular weight excluding hydrogens is 302 g/mol. The van der Waals surface area contributed by atoms with Gasteiger partial charge < -0.3 is 4.90 Å². The Bertz CT molecular complexity index is 1010. The van der Waals surface area contributed by atoms with Gasteiger partial charge >= 0.3 is 0 Å². The fraction of sp³-hybridized carbons (Fsp3) is 0.333. The third-order valence-corrected chi connectivity index (χ3v) is 4.68. The first-order valence-electron chi connectivity index (χ1n) is 8.08. The van der Waals surface area contributed by atoms with E-state index in [1.165, 1.54) is 0 Å². The summed E-state index contributed by atoms with van der Waals surface area (Å²) in [6.45, 7) is 5.16. The number of anilines is 1. The minimum Gasteiger partial charge on any atom is -0.350 e. The molecule has 0 atom stereocenters. The highest BCUT2D eigenvalue weighted by atomic mass is 16.1. The number of hydrogen-bond donors (Lipinski definition) is 0. The molecule has 0 spiro atoms. The van der Waals surface area contributed by atoms with E-state index in [4.69, 9.17) is 4.98 Å². The van der Waals surface area contributed by atoms with E-state index in [1.807, 2.05) is 38.1 Å². The zero-order valence-corrected chi connectivity index (χ0v) is 14.1. The lowest BCUT2D eigenvalue weighted by molar-refractivity contribution is 0.648. The van der Waals surface area contributed by atoms with Gasteiger partial charge in [-0.05, 0) is 26.0 Å². The summed E-state index contributed by atoms with van der Waals surface area (Å²) in [5.74, 6) is 1.61. The van der Waals surface area contributed by atoms with E-state index >= 15 is 0 Å². The summed E-state index contributed by atoms with van der Waals surface area (Å²) in [5.41, 5.74) is 4.37. The van der Waals surface area contributed by atoms with E-state index in [-0.39, 0.29) is 5.56 Å². The summed E-state index contributed by atoms with van der Waals surface area (Å²) in [5, 5.41) is 0. The standard InChI is InChI=1S/C18H19N5O/c1-11-17(21-16-7-5-4-6-15(16)19-11)23-9-8-14-13(10-23)18(24)22(3)12(2)20-14/h4-7H,8-10H2,1-3H3. The van der Waals surface area contributed by atoms with Crippen molar-refractivity contribution >= 4 is 16.9 Å². The second-order valence-electron chi connectivity index (χ2n) is 6.24. The Morgan fingerprint density at radius 1 is 1.04 bits per heavy atom. The molecule has 4 rings (SSSR count). The molecule has 122 valence electrons. The van der Waals surface area contributed by atoms with Crippen molar-refractivity contribution < 1.29 is 0 Å². The molecule has 6 nitrogen and oxygen atoms in total. The number of aromatic nitrogens is 4. The first kappa shape index (κ1) is 14.8. The SMILES string of the molecule is Cc1nc2ccccc2nc1N1CCc2nc(C)n(C)c(=O)c2C1. The van der Waals surface area contributed by atoms with Crippen LogP contribution in [-0.4, -0.2) is 26.1 Å². The van der Waals surface area contributed by atoms with Gasteiger partial charge in [-0.3, -0.25) is 9.36 Å². The van der Waals surface area contributed by atoms with Crippen molar-refractivity contribution in [3.05, 3.63) is 57.4 Å². The maximum atomic E-state index is 12.6. The Kier molecular flexibility index (Phi) is 3.33. The topological polar surface area (TPSA) is 63.9 Å². The first-order chi connectivity index (χ1) is 11.5. The van der Waals surface area contributed by atoms with Gasteiger partial charge in [0.05, 0.1) is 34.5 Å². The van der Waals surface area contributed by atoms with Gasteiger partial charge in [-0.1, -0.05) is 12.1 Å². The Morgan fingerprint density at radius 3 is 2.50 bits per heavy atom. The van der Waals surface area contributed by atoms with Crippen LogP contribution in [0, 0.1) is 13.8 Å². The molecule has 0 bridgehead atoms.